The van der Waals surface area contributed by atoms with Gasteiger partial charge in [0.2, 0.25) is 0 Å². The van der Waals surface area contributed by atoms with Crippen LogP contribution >= 0.6 is 0 Å². The van der Waals surface area contributed by atoms with Gasteiger partial charge in [-0.1, -0.05) is 6.92 Å². The summed E-state index contributed by atoms with van der Waals surface area (Å²) in [6.07, 6.45) is 1.84. The summed E-state index contributed by atoms with van der Waals surface area (Å²) in [5.74, 6) is 0.0528. The van der Waals surface area contributed by atoms with Crippen molar-refractivity contribution < 1.29 is 9.90 Å². The molecule has 2 aromatic heterocycles. The zero-order valence-corrected chi connectivity index (χ0v) is 10.1. The van der Waals surface area contributed by atoms with Crippen LogP contribution in [-0.4, -0.2) is 25.6 Å². The second-order valence-electron chi connectivity index (χ2n) is 4.33. The molecule has 0 bridgehead atoms. The number of hydrogen-bond donors (Lipinski definition) is 1. The Hall–Kier alpha value is -1.91. The molecule has 0 aliphatic carbocycles. The van der Waals surface area contributed by atoms with E-state index in [9.17, 15) is 4.79 Å². The predicted molar refractivity (Wildman–Crippen MR) is 63.9 cm³/mol. The molecular formula is C12H15N3O2. The number of carboxylic acids is 1. The highest BCUT2D eigenvalue weighted by molar-refractivity contribution is 5.73. The van der Waals surface area contributed by atoms with E-state index >= 15 is 0 Å². The molecule has 17 heavy (non-hydrogen) atoms. The third-order valence-electron chi connectivity index (χ3n) is 3.00. The molecule has 0 aliphatic heterocycles. The van der Waals surface area contributed by atoms with Crippen LogP contribution in [0.2, 0.25) is 0 Å². The first-order valence-electron chi connectivity index (χ1n) is 5.50. The molecule has 0 saturated carbocycles. The summed E-state index contributed by atoms with van der Waals surface area (Å²) in [5.41, 5.74) is 2.56. The van der Waals surface area contributed by atoms with Crippen molar-refractivity contribution in [3.8, 4) is 0 Å². The van der Waals surface area contributed by atoms with Crippen molar-refractivity contribution in [2.75, 3.05) is 0 Å². The topological polar surface area (TPSA) is 68.0 Å². The molecule has 0 radical (unpaired) electrons. The van der Waals surface area contributed by atoms with Crippen molar-refractivity contribution in [3.05, 3.63) is 23.7 Å². The molecule has 0 aromatic carbocycles. The largest absolute Gasteiger partial charge is 0.481 e. The molecular weight excluding hydrogens is 218 g/mol. The molecule has 0 amide bonds. The summed E-state index contributed by atoms with van der Waals surface area (Å²) in [6, 6.07) is 1.92. The Kier molecular flexibility index (Phi) is 2.83. The molecule has 1 atom stereocenters. The number of rotatable bonds is 3. The molecule has 5 nitrogen and oxygen atoms in total. The van der Waals surface area contributed by atoms with Gasteiger partial charge in [0.05, 0.1) is 6.42 Å². The average molecular weight is 233 g/mol. The Bertz CT molecular complexity index is 574. The van der Waals surface area contributed by atoms with Crippen LogP contribution in [0.4, 0.5) is 0 Å². The molecule has 0 saturated heterocycles. The quantitative estimate of drug-likeness (QED) is 0.878. The van der Waals surface area contributed by atoms with Crippen LogP contribution in [0.5, 0.6) is 0 Å². The minimum absolute atomic E-state index is 0.0493. The molecule has 5 heteroatoms. The highest BCUT2D eigenvalue weighted by Crippen LogP contribution is 2.22. The van der Waals surface area contributed by atoms with E-state index in [1.54, 1.807) is 6.20 Å². The number of imidazole rings is 1. The highest BCUT2D eigenvalue weighted by Gasteiger charge is 2.13. The van der Waals surface area contributed by atoms with Gasteiger partial charge in [0.15, 0.2) is 5.65 Å². The van der Waals surface area contributed by atoms with E-state index in [1.165, 1.54) is 0 Å². The zero-order chi connectivity index (χ0) is 12.6. The second-order valence-corrected chi connectivity index (χ2v) is 4.33. The molecule has 2 aromatic rings. The van der Waals surface area contributed by atoms with Gasteiger partial charge in [-0.2, -0.15) is 0 Å². The first-order valence-corrected chi connectivity index (χ1v) is 5.50. The van der Waals surface area contributed by atoms with Crippen molar-refractivity contribution in [2.45, 2.75) is 26.2 Å². The zero-order valence-electron chi connectivity index (χ0n) is 10.1. The SMILES string of the molecule is Cc1nc2cc(C(C)CC(=O)O)cnc2n1C. The van der Waals surface area contributed by atoms with Gasteiger partial charge in [0, 0.05) is 13.2 Å². The van der Waals surface area contributed by atoms with E-state index in [0.29, 0.717) is 0 Å². The fraction of sp³-hybridized carbons (Fsp3) is 0.417. The van der Waals surface area contributed by atoms with Crippen molar-refractivity contribution in [1.29, 1.82) is 0 Å². The minimum atomic E-state index is -0.796. The van der Waals surface area contributed by atoms with E-state index in [0.717, 1.165) is 22.6 Å². The normalized spacial score (nSPS) is 12.9. The number of aryl methyl sites for hydroxylation is 2. The summed E-state index contributed by atoms with van der Waals surface area (Å²) in [5, 5.41) is 8.77. The van der Waals surface area contributed by atoms with Crippen LogP contribution in [0.3, 0.4) is 0 Å². The van der Waals surface area contributed by atoms with Crippen molar-refractivity contribution >= 4 is 17.1 Å². The number of hydrogen-bond acceptors (Lipinski definition) is 3. The molecule has 0 spiro atoms. The number of aromatic nitrogens is 3. The standard InChI is InChI=1S/C12H15N3O2/c1-7(4-11(16)17)9-5-10-12(13-6-9)15(3)8(2)14-10/h5-7H,4H2,1-3H3,(H,16,17). The molecule has 90 valence electrons. The summed E-state index contributed by atoms with van der Waals surface area (Å²) >= 11 is 0. The Labute approximate surface area is 99.1 Å². The second kappa shape index (κ2) is 4.16. The first kappa shape index (κ1) is 11.6. The summed E-state index contributed by atoms with van der Waals surface area (Å²) in [7, 11) is 1.91. The van der Waals surface area contributed by atoms with Gasteiger partial charge in [0.25, 0.3) is 0 Å². The van der Waals surface area contributed by atoms with E-state index < -0.39 is 5.97 Å². The molecule has 0 aliphatic rings. The lowest BCUT2D eigenvalue weighted by atomic mass is 10.00. The van der Waals surface area contributed by atoms with E-state index in [2.05, 4.69) is 9.97 Å². The minimum Gasteiger partial charge on any atom is -0.481 e. The summed E-state index contributed by atoms with van der Waals surface area (Å²) in [6.45, 7) is 3.80. The van der Waals surface area contributed by atoms with E-state index in [1.807, 2.05) is 31.5 Å². The third-order valence-corrected chi connectivity index (χ3v) is 3.00. The van der Waals surface area contributed by atoms with Crippen LogP contribution in [0, 0.1) is 6.92 Å². The summed E-state index contributed by atoms with van der Waals surface area (Å²) < 4.78 is 1.92. The maximum atomic E-state index is 10.7. The van der Waals surface area contributed by atoms with Crippen molar-refractivity contribution in [3.63, 3.8) is 0 Å². The van der Waals surface area contributed by atoms with Crippen LogP contribution in [0.1, 0.15) is 30.7 Å². The Morgan fingerprint density at radius 3 is 2.94 bits per heavy atom. The number of fused-ring (bicyclic) bond motifs is 1. The first-order chi connectivity index (χ1) is 7.99. The number of carboxylic acid groups (broad SMARTS) is 1. The molecule has 2 rings (SSSR count). The molecule has 0 fully saturated rings. The van der Waals surface area contributed by atoms with Crippen LogP contribution < -0.4 is 0 Å². The lowest BCUT2D eigenvalue weighted by Gasteiger charge is -2.08. The van der Waals surface area contributed by atoms with Crippen LogP contribution in [0.15, 0.2) is 12.3 Å². The lowest BCUT2D eigenvalue weighted by Crippen LogP contribution is -2.03. The average Bonchev–Trinajstić information content (AvgIpc) is 2.53. The van der Waals surface area contributed by atoms with E-state index in [4.69, 9.17) is 5.11 Å². The van der Waals surface area contributed by atoms with Gasteiger partial charge in [-0.25, -0.2) is 9.97 Å². The maximum Gasteiger partial charge on any atom is 0.303 e. The fourth-order valence-electron chi connectivity index (χ4n) is 1.85. The Morgan fingerprint density at radius 2 is 2.29 bits per heavy atom. The molecule has 1 unspecified atom stereocenters. The monoisotopic (exact) mass is 233 g/mol. The maximum absolute atomic E-state index is 10.7. The Morgan fingerprint density at radius 1 is 1.59 bits per heavy atom. The van der Waals surface area contributed by atoms with E-state index in [-0.39, 0.29) is 12.3 Å². The fourth-order valence-corrected chi connectivity index (χ4v) is 1.85. The number of pyridine rings is 1. The van der Waals surface area contributed by atoms with Gasteiger partial charge >= 0.3 is 5.97 Å². The lowest BCUT2D eigenvalue weighted by molar-refractivity contribution is -0.137. The van der Waals surface area contributed by atoms with Gasteiger partial charge in [-0.3, -0.25) is 4.79 Å². The van der Waals surface area contributed by atoms with Gasteiger partial charge in [-0.05, 0) is 24.5 Å². The number of carbonyl (C=O) groups is 1. The van der Waals surface area contributed by atoms with Gasteiger partial charge < -0.3 is 9.67 Å². The number of nitrogens with zero attached hydrogens (tertiary/aromatic N) is 3. The van der Waals surface area contributed by atoms with Crippen LogP contribution in [-0.2, 0) is 11.8 Å². The van der Waals surface area contributed by atoms with Crippen molar-refractivity contribution in [1.82, 2.24) is 14.5 Å². The Balaban J connectivity index is 2.41. The van der Waals surface area contributed by atoms with Gasteiger partial charge in [0.1, 0.15) is 11.3 Å². The highest BCUT2D eigenvalue weighted by atomic mass is 16.4. The van der Waals surface area contributed by atoms with Gasteiger partial charge in [-0.15, -0.1) is 0 Å². The summed E-state index contributed by atoms with van der Waals surface area (Å²) in [4.78, 5) is 19.4. The smallest absolute Gasteiger partial charge is 0.303 e. The number of aliphatic carboxylic acids is 1. The van der Waals surface area contributed by atoms with Crippen LogP contribution in [0.25, 0.3) is 11.2 Å². The molecule has 2 heterocycles. The molecule has 1 N–H and O–H groups in total. The third kappa shape index (κ3) is 2.13. The predicted octanol–water partition coefficient (Wildman–Crippen LogP) is 1.85. The van der Waals surface area contributed by atoms with Crippen molar-refractivity contribution in [2.24, 2.45) is 7.05 Å².